The summed E-state index contributed by atoms with van der Waals surface area (Å²) in [6.45, 7) is 24.9. The molecule has 16 aromatic rings. The van der Waals surface area contributed by atoms with Gasteiger partial charge in [-0.2, -0.15) is 30.7 Å². The molecule has 37 heteroatoms. The zero-order chi connectivity index (χ0) is 90.9. The van der Waals surface area contributed by atoms with E-state index in [-0.39, 0.29) is 154 Å². The molecule has 32 nitrogen and oxygen atoms in total. The first-order valence-corrected chi connectivity index (χ1v) is 44.0. The standard InChI is InChI=1S/2C48H48F2N10O5.Ca.2H2O/c2*1-25-18-32(19-26(2)40(25)49)60-42(58-16-15-57(46(58)63)37-11-10-36-33(41(37)50)24-51-55(36)7)39-28(4)56(14-12-34(39)53-60)43(61)38-21-31-20-29(30-13-17-64-47(5,6)23-30)8-9-35(31)59(38)48(22-27(48)3)44-52-45(62)65-54-44;;;/h2*8-11,15-16,18-21,24,27-28,30H,12-14,17,22-23H2,1-7H3,(H,52,54,62);;2*1H2/q;;+2;;/p-2/t2*27-,28-,30-,48-;;;/m00.../s1. The number of hydrogen-bond donors (Lipinski definition) is 0. The Morgan fingerprint density at radius 3 is 1.19 bits per heavy atom. The molecular formula is C96H98CaF4N20O12. The minimum absolute atomic E-state index is 0. The van der Waals surface area contributed by atoms with Gasteiger partial charge in [-0.25, -0.2) is 46.5 Å². The van der Waals surface area contributed by atoms with Gasteiger partial charge in [0, 0.05) is 111 Å². The largest absolute Gasteiger partial charge is 2.00 e. The molecule has 8 atom stereocenters. The minimum Gasteiger partial charge on any atom is -0.528 e. The number of ether oxygens (including phenoxy) is 2. The molecule has 14 heterocycles. The van der Waals surface area contributed by atoms with Crippen molar-refractivity contribution in [3.63, 3.8) is 0 Å². The molecule has 4 N–H and O–H groups in total. The van der Waals surface area contributed by atoms with E-state index >= 15 is 27.2 Å². The van der Waals surface area contributed by atoms with Crippen molar-refractivity contribution in [1.82, 2.24) is 96.6 Å². The van der Waals surface area contributed by atoms with E-state index in [1.807, 2.05) is 61.1 Å². The molecule has 4 fully saturated rings. The number of amides is 2. The number of carbonyl (C=O) groups is 2. The molecule has 6 aliphatic rings. The number of hydrogen-bond acceptors (Lipinski definition) is 18. The predicted molar refractivity (Wildman–Crippen MR) is 481 cm³/mol. The maximum Gasteiger partial charge on any atom is 2.00 e. The van der Waals surface area contributed by atoms with Crippen molar-refractivity contribution in [2.24, 2.45) is 25.9 Å². The first-order valence-electron chi connectivity index (χ1n) is 44.0. The van der Waals surface area contributed by atoms with E-state index in [1.165, 1.54) is 43.1 Å². The SMILES string of the molecule is Cc1cc(-n2nc3c(c2-n2ccn(-c4ccc5c(cnn5C)c4F)c2=O)[C@H](C)N(C(=O)c2cc4cc([C@H]5CCOC(C)(C)C5)ccc4n2[C@@]2(c4noc([O-])n4)C[C@@H]2C)CC3)cc(C)c1F.Cc1cc(-n2nc3c(c2-n2ccn(-c4ccc5c(cnn5C)c4F)c2=O)[C@H](C)N(C(=O)c2cc4cc([C@H]5CCOC(C)(C)C5)ccc4n2[C@@]2(c4noc([O-])n4)C[C@@H]2C)CC3)cc(C)c1F.O.O.[Ca+2]. The third-order valence-corrected chi connectivity index (χ3v) is 28.3. The molecule has 22 rings (SSSR count). The van der Waals surface area contributed by atoms with Crippen LogP contribution in [0, 0.1) is 62.8 Å². The van der Waals surface area contributed by atoms with Gasteiger partial charge in [0.15, 0.2) is 35.4 Å². The Bertz CT molecular complexity index is 7070. The molecule has 2 amide bonds. The second-order valence-electron chi connectivity index (χ2n) is 37.5. The summed E-state index contributed by atoms with van der Waals surface area (Å²) in [6, 6.07) is 28.4. The van der Waals surface area contributed by atoms with Gasteiger partial charge in [-0.15, -0.1) is 0 Å². The summed E-state index contributed by atoms with van der Waals surface area (Å²) in [7, 11) is 3.43. The van der Waals surface area contributed by atoms with Gasteiger partial charge in [-0.3, -0.25) is 37.2 Å². The predicted octanol–water partition coefficient (Wildman–Crippen LogP) is 12.4. The van der Waals surface area contributed by atoms with Crippen molar-refractivity contribution >= 4 is 93.2 Å². The zero-order valence-electron chi connectivity index (χ0n) is 75.9. The van der Waals surface area contributed by atoms with E-state index in [0.29, 0.717) is 129 Å². The van der Waals surface area contributed by atoms with Crippen LogP contribution in [0.3, 0.4) is 0 Å². The van der Waals surface area contributed by atoms with Gasteiger partial charge in [0.2, 0.25) is 0 Å². The van der Waals surface area contributed by atoms with E-state index in [4.69, 9.17) is 28.7 Å². The third-order valence-electron chi connectivity index (χ3n) is 28.3. The van der Waals surface area contributed by atoms with E-state index in [9.17, 15) is 19.8 Å². The van der Waals surface area contributed by atoms with Gasteiger partial charge in [0.05, 0.1) is 91.6 Å². The van der Waals surface area contributed by atoms with Gasteiger partial charge in [0.1, 0.15) is 45.7 Å². The molecule has 0 radical (unpaired) electrons. The maximum atomic E-state index is 16.1. The topological polar surface area (TPSA) is 381 Å². The van der Waals surface area contributed by atoms with Crippen molar-refractivity contribution in [2.45, 2.75) is 181 Å². The molecule has 2 saturated heterocycles. The zero-order valence-corrected chi connectivity index (χ0v) is 78.1. The van der Waals surface area contributed by atoms with Crippen LogP contribution in [0.1, 0.15) is 206 Å². The first kappa shape index (κ1) is 90.9. The summed E-state index contributed by atoms with van der Waals surface area (Å²) in [5.41, 5.74) is 7.57. The number of fused-ring (bicyclic) bond motifs is 6. The molecule has 2 saturated carbocycles. The number of rotatable bonds is 14. The van der Waals surface area contributed by atoms with Crippen LogP contribution in [0.25, 0.3) is 78.0 Å². The second kappa shape index (κ2) is 33.0. The molecular weight excluding hydrogens is 1740 g/mol. The summed E-state index contributed by atoms with van der Waals surface area (Å²) in [4.78, 5) is 72.3. The van der Waals surface area contributed by atoms with Crippen molar-refractivity contribution in [2.75, 3.05) is 26.3 Å². The Morgan fingerprint density at radius 2 is 0.842 bits per heavy atom. The van der Waals surface area contributed by atoms with Crippen LogP contribution >= 0.6 is 0 Å². The number of aromatic nitrogens is 18. The van der Waals surface area contributed by atoms with Crippen molar-refractivity contribution in [3.8, 4) is 46.5 Å². The van der Waals surface area contributed by atoms with Crippen molar-refractivity contribution < 1.29 is 66.8 Å². The summed E-state index contributed by atoms with van der Waals surface area (Å²) in [6.07, 6.45) is 12.6. The Labute approximate surface area is 788 Å². The molecule has 0 unspecified atom stereocenters. The van der Waals surface area contributed by atoms with Crippen molar-refractivity contribution in [3.05, 3.63) is 257 Å². The molecule has 0 spiro atoms. The van der Waals surface area contributed by atoms with Crippen LogP contribution in [-0.4, -0.2) is 195 Å². The Hall–Kier alpha value is -12.6. The smallest absolute Gasteiger partial charge is 0.528 e. The Kier molecular flexibility index (Phi) is 22.5. The normalized spacial score (nSPS) is 21.2. The average molecular weight is 1840 g/mol. The monoisotopic (exact) mass is 1840 g/mol. The van der Waals surface area contributed by atoms with Crippen molar-refractivity contribution in [1.29, 1.82) is 0 Å². The number of benzene rings is 6. The van der Waals surface area contributed by atoms with E-state index < -0.39 is 58.3 Å². The first-order chi connectivity index (χ1) is 62.1. The fourth-order valence-corrected chi connectivity index (χ4v) is 21.5. The van der Waals surface area contributed by atoms with E-state index in [0.717, 1.165) is 58.6 Å². The Balaban J connectivity index is 0.000000174. The van der Waals surface area contributed by atoms with Gasteiger partial charge < -0.3 is 58.6 Å². The molecule has 6 aromatic carbocycles. The number of halogens is 4. The number of aryl methyl sites for hydroxylation is 6. The number of imidazole rings is 2. The third kappa shape index (κ3) is 14.5. The van der Waals surface area contributed by atoms with E-state index in [1.54, 1.807) is 131 Å². The summed E-state index contributed by atoms with van der Waals surface area (Å²) in [5, 5.41) is 53.8. The van der Waals surface area contributed by atoms with Gasteiger partial charge in [0.25, 0.3) is 11.8 Å². The summed E-state index contributed by atoms with van der Waals surface area (Å²) in [5.74, 6) is -0.870. The summed E-state index contributed by atoms with van der Waals surface area (Å²) < 4.78 is 100. The van der Waals surface area contributed by atoms with Gasteiger partial charge >= 0.3 is 49.1 Å². The Morgan fingerprint density at radius 1 is 0.481 bits per heavy atom. The quantitative estimate of drug-likeness (QED) is 0.0721. The molecule has 0 bridgehead atoms. The van der Waals surface area contributed by atoms with Crippen LogP contribution in [0.2, 0.25) is 0 Å². The second-order valence-corrected chi connectivity index (χ2v) is 37.5. The molecule has 684 valence electrons. The number of nitrogens with zero attached hydrogens (tertiary/aromatic N) is 20. The van der Waals surface area contributed by atoms with Crippen LogP contribution in [0.15, 0.2) is 153 Å². The van der Waals surface area contributed by atoms with Gasteiger partial charge in [-0.05, 0) is 250 Å². The molecule has 133 heavy (non-hydrogen) atoms. The molecule has 10 aromatic heterocycles. The molecule has 4 aliphatic heterocycles. The average Bonchev–Trinajstić information content (AvgIpc) is 1.53. The summed E-state index contributed by atoms with van der Waals surface area (Å²) >= 11 is 0. The number of carbonyl (C=O) groups excluding carboxylic acids is 2. The fourth-order valence-electron chi connectivity index (χ4n) is 21.5. The minimum atomic E-state index is -0.913. The maximum absolute atomic E-state index is 16.1. The van der Waals surface area contributed by atoms with Crippen LogP contribution in [0.4, 0.5) is 17.6 Å². The van der Waals surface area contributed by atoms with Crippen LogP contribution in [-0.2, 0) is 47.5 Å². The molecule has 2 aliphatic carbocycles. The van der Waals surface area contributed by atoms with Gasteiger partial charge in [-0.1, -0.05) is 26.0 Å². The van der Waals surface area contributed by atoms with Crippen LogP contribution in [0.5, 0.6) is 12.2 Å². The fraction of sp³-hybridized carbons (Fsp3) is 0.375. The van der Waals surface area contributed by atoms with Crippen LogP contribution < -0.4 is 21.6 Å². The van der Waals surface area contributed by atoms with E-state index in [2.05, 4.69) is 82.4 Å².